The molecule has 0 saturated heterocycles. The molecular weight excluding hydrogens is 262 g/mol. The molecule has 3 heteroatoms. The lowest BCUT2D eigenvalue weighted by Gasteiger charge is -2.06. The molecule has 0 aliphatic carbocycles. The quantitative estimate of drug-likeness (QED) is 0.848. The fourth-order valence-corrected chi connectivity index (χ4v) is 2.03. The standard InChI is InChI=1S/C18H17NO2/c1-14-5-2-7-16(11-14)13-18(21)19-17-9-3-6-15(12-17)8-4-10-20/h2-3,5-7,9,11-12,20H,10,13H2,1H3,(H,19,21). The average molecular weight is 279 g/mol. The zero-order valence-electron chi connectivity index (χ0n) is 11.9. The molecule has 2 rings (SSSR count). The van der Waals surface area contributed by atoms with Crippen molar-refractivity contribution in [2.75, 3.05) is 11.9 Å². The topological polar surface area (TPSA) is 49.3 Å². The second-order valence-corrected chi connectivity index (χ2v) is 4.75. The number of amides is 1. The third-order valence-electron chi connectivity index (χ3n) is 2.91. The molecule has 2 N–H and O–H groups in total. The van der Waals surface area contributed by atoms with Gasteiger partial charge in [-0.2, -0.15) is 0 Å². The lowest BCUT2D eigenvalue weighted by Crippen LogP contribution is -2.14. The van der Waals surface area contributed by atoms with E-state index in [1.165, 1.54) is 0 Å². The van der Waals surface area contributed by atoms with Crippen LogP contribution in [0.2, 0.25) is 0 Å². The monoisotopic (exact) mass is 279 g/mol. The third-order valence-corrected chi connectivity index (χ3v) is 2.91. The minimum absolute atomic E-state index is 0.0622. The van der Waals surface area contributed by atoms with Crippen molar-refractivity contribution in [2.45, 2.75) is 13.3 Å². The Bertz CT molecular complexity index is 696. The van der Waals surface area contributed by atoms with E-state index in [4.69, 9.17) is 5.11 Å². The summed E-state index contributed by atoms with van der Waals surface area (Å²) in [6.45, 7) is 1.83. The van der Waals surface area contributed by atoms with Gasteiger partial charge in [0, 0.05) is 11.3 Å². The van der Waals surface area contributed by atoms with Gasteiger partial charge in [0.25, 0.3) is 0 Å². The Labute approximate surface area is 124 Å². The van der Waals surface area contributed by atoms with E-state index < -0.39 is 0 Å². The van der Waals surface area contributed by atoms with Crippen LogP contribution in [0.3, 0.4) is 0 Å². The third kappa shape index (κ3) is 4.79. The molecule has 0 heterocycles. The summed E-state index contributed by atoms with van der Waals surface area (Å²) >= 11 is 0. The number of aliphatic hydroxyl groups excluding tert-OH is 1. The molecule has 21 heavy (non-hydrogen) atoms. The summed E-state index contributed by atoms with van der Waals surface area (Å²) in [6, 6.07) is 15.2. The fourth-order valence-electron chi connectivity index (χ4n) is 2.03. The zero-order chi connectivity index (χ0) is 15.1. The molecule has 0 spiro atoms. The Morgan fingerprint density at radius 3 is 2.76 bits per heavy atom. The predicted octanol–water partition coefficient (Wildman–Crippen LogP) is 2.52. The first-order chi connectivity index (χ1) is 10.2. The van der Waals surface area contributed by atoms with Gasteiger partial charge < -0.3 is 10.4 Å². The highest BCUT2D eigenvalue weighted by Crippen LogP contribution is 2.11. The predicted molar refractivity (Wildman–Crippen MR) is 83.9 cm³/mol. The van der Waals surface area contributed by atoms with Gasteiger partial charge in [-0.05, 0) is 30.7 Å². The summed E-state index contributed by atoms with van der Waals surface area (Å²) in [5.74, 6) is 5.34. The van der Waals surface area contributed by atoms with E-state index >= 15 is 0 Å². The zero-order valence-corrected chi connectivity index (χ0v) is 11.9. The van der Waals surface area contributed by atoms with E-state index in [-0.39, 0.29) is 12.5 Å². The number of aryl methyl sites for hydroxylation is 1. The van der Waals surface area contributed by atoms with Gasteiger partial charge in [-0.1, -0.05) is 47.7 Å². The van der Waals surface area contributed by atoms with E-state index in [2.05, 4.69) is 17.2 Å². The van der Waals surface area contributed by atoms with Crippen molar-refractivity contribution in [3.63, 3.8) is 0 Å². The summed E-state index contributed by atoms with van der Waals surface area (Å²) in [5.41, 5.74) is 3.60. The van der Waals surface area contributed by atoms with Gasteiger partial charge in [0.1, 0.15) is 6.61 Å². The van der Waals surface area contributed by atoms with Gasteiger partial charge in [-0.3, -0.25) is 4.79 Å². The van der Waals surface area contributed by atoms with Crippen LogP contribution in [0.25, 0.3) is 0 Å². The van der Waals surface area contributed by atoms with Crippen LogP contribution >= 0.6 is 0 Å². The summed E-state index contributed by atoms with van der Waals surface area (Å²) in [4.78, 5) is 12.0. The van der Waals surface area contributed by atoms with Gasteiger partial charge in [0.15, 0.2) is 0 Å². The Kier molecular flexibility index (Phi) is 5.14. The first kappa shape index (κ1) is 14.8. The molecule has 0 radical (unpaired) electrons. The molecule has 3 nitrogen and oxygen atoms in total. The van der Waals surface area contributed by atoms with Gasteiger partial charge >= 0.3 is 0 Å². The molecule has 0 aliphatic rings. The molecule has 106 valence electrons. The van der Waals surface area contributed by atoms with Crippen LogP contribution < -0.4 is 5.32 Å². The highest BCUT2D eigenvalue weighted by Gasteiger charge is 2.04. The van der Waals surface area contributed by atoms with Gasteiger partial charge in [-0.15, -0.1) is 0 Å². The number of benzene rings is 2. The van der Waals surface area contributed by atoms with Gasteiger partial charge in [-0.25, -0.2) is 0 Å². The Morgan fingerprint density at radius 2 is 2.00 bits per heavy atom. The summed E-state index contributed by atoms with van der Waals surface area (Å²) < 4.78 is 0. The number of carbonyl (C=O) groups excluding carboxylic acids is 1. The van der Waals surface area contributed by atoms with E-state index in [0.717, 1.165) is 16.7 Å². The van der Waals surface area contributed by atoms with Crippen LogP contribution in [0.15, 0.2) is 48.5 Å². The van der Waals surface area contributed by atoms with Crippen LogP contribution in [0.5, 0.6) is 0 Å². The van der Waals surface area contributed by atoms with E-state index in [9.17, 15) is 4.79 Å². The molecular formula is C18H17NO2. The van der Waals surface area contributed by atoms with Crippen LogP contribution in [0.4, 0.5) is 5.69 Å². The van der Waals surface area contributed by atoms with Crippen LogP contribution in [0.1, 0.15) is 16.7 Å². The Morgan fingerprint density at radius 1 is 1.19 bits per heavy atom. The average Bonchev–Trinajstić information content (AvgIpc) is 2.45. The largest absolute Gasteiger partial charge is 0.384 e. The first-order valence-corrected chi connectivity index (χ1v) is 6.72. The first-order valence-electron chi connectivity index (χ1n) is 6.72. The van der Waals surface area contributed by atoms with Gasteiger partial charge in [0.05, 0.1) is 6.42 Å². The lowest BCUT2D eigenvalue weighted by atomic mass is 10.1. The highest BCUT2D eigenvalue weighted by molar-refractivity contribution is 5.92. The molecule has 0 aliphatic heterocycles. The SMILES string of the molecule is Cc1cccc(CC(=O)Nc2cccc(C#CCO)c2)c1. The highest BCUT2D eigenvalue weighted by atomic mass is 16.2. The number of nitrogens with one attached hydrogen (secondary N) is 1. The molecule has 2 aromatic carbocycles. The van der Waals surface area contributed by atoms with Crippen molar-refractivity contribution in [3.05, 3.63) is 65.2 Å². The number of carbonyl (C=O) groups is 1. The minimum atomic E-state index is -0.177. The Hall–Kier alpha value is -2.57. The molecule has 0 fully saturated rings. The maximum absolute atomic E-state index is 12.0. The molecule has 0 aromatic heterocycles. The van der Waals surface area contributed by atoms with Crippen LogP contribution in [0, 0.1) is 18.8 Å². The summed E-state index contributed by atoms with van der Waals surface area (Å²) in [5, 5.41) is 11.5. The van der Waals surface area contributed by atoms with Crippen molar-refractivity contribution in [2.24, 2.45) is 0 Å². The molecule has 0 atom stereocenters. The van der Waals surface area contributed by atoms with Crippen molar-refractivity contribution in [1.82, 2.24) is 0 Å². The van der Waals surface area contributed by atoms with Crippen LogP contribution in [-0.4, -0.2) is 17.6 Å². The molecule has 1 amide bonds. The number of hydrogen-bond acceptors (Lipinski definition) is 2. The summed E-state index contributed by atoms with van der Waals surface area (Å²) in [7, 11) is 0. The maximum Gasteiger partial charge on any atom is 0.228 e. The van der Waals surface area contributed by atoms with E-state index in [1.807, 2.05) is 49.4 Å². The second-order valence-electron chi connectivity index (χ2n) is 4.75. The van der Waals surface area contributed by atoms with Crippen molar-refractivity contribution >= 4 is 11.6 Å². The van der Waals surface area contributed by atoms with Gasteiger partial charge in [0.2, 0.25) is 5.91 Å². The fraction of sp³-hybridized carbons (Fsp3) is 0.167. The normalized spacial score (nSPS) is 9.62. The van der Waals surface area contributed by atoms with Crippen molar-refractivity contribution in [1.29, 1.82) is 0 Å². The number of anilines is 1. The number of rotatable bonds is 3. The summed E-state index contributed by atoms with van der Waals surface area (Å²) in [6.07, 6.45) is 0.341. The maximum atomic E-state index is 12.0. The lowest BCUT2D eigenvalue weighted by molar-refractivity contribution is -0.115. The number of hydrogen-bond donors (Lipinski definition) is 2. The smallest absolute Gasteiger partial charge is 0.228 e. The molecule has 0 saturated carbocycles. The second kappa shape index (κ2) is 7.28. The molecule has 2 aromatic rings. The van der Waals surface area contributed by atoms with Crippen molar-refractivity contribution < 1.29 is 9.90 Å². The Balaban J connectivity index is 2.02. The molecule has 0 unspecified atom stereocenters. The minimum Gasteiger partial charge on any atom is -0.384 e. The van der Waals surface area contributed by atoms with E-state index in [1.54, 1.807) is 6.07 Å². The van der Waals surface area contributed by atoms with E-state index in [0.29, 0.717) is 12.1 Å². The number of aliphatic hydroxyl groups is 1. The molecule has 0 bridgehead atoms. The van der Waals surface area contributed by atoms with Crippen LogP contribution in [-0.2, 0) is 11.2 Å². The van der Waals surface area contributed by atoms with Crippen molar-refractivity contribution in [3.8, 4) is 11.8 Å².